The molecule has 32 heavy (non-hydrogen) atoms. The number of piperazine rings is 1. The number of carbonyl (C=O) groups is 1. The molecule has 4 heterocycles. The van der Waals surface area contributed by atoms with Crippen molar-refractivity contribution in [3.63, 3.8) is 0 Å². The number of hydrogen-bond donors (Lipinski definition) is 1. The molecule has 1 saturated carbocycles. The molecule has 13 heteroatoms. The van der Waals surface area contributed by atoms with E-state index in [1.54, 1.807) is 9.80 Å². The van der Waals surface area contributed by atoms with Crippen LogP contribution < -0.4 is 10.2 Å². The van der Waals surface area contributed by atoms with Crippen LogP contribution in [0.25, 0.3) is 11.5 Å². The van der Waals surface area contributed by atoms with Gasteiger partial charge >= 0.3 is 6.18 Å². The highest BCUT2D eigenvalue weighted by molar-refractivity contribution is 6.33. The Balaban J connectivity index is 1.51. The number of nitrogens with one attached hydrogen (secondary N) is 1. The highest BCUT2D eigenvalue weighted by atomic mass is 35.5. The number of anilines is 1. The second-order valence-electron chi connectivity index (χ2n) is 8.41. The van der Waals surface area contributed by atoms with Gasteiger partial charge in [0.05, 0.1) is 0 Å². The van der Waals surface area contributed by atoms with Crippen LogP contribution in [0.1, 0.15) is 37.8 Å². The molecule has 5 rings (SSSR count). The van der Waals surface area contributed by atoms with Crippen molar-refractivity contribution in [2.45, 2.75) is 43.8 Å². The molecule has 9 nitrogen and oxygen atoms in total. The van der Waals surface area contributed by atoms with E-state index in [1.165, 1.54) is 0 Å². The first-order valence-electron chi connectivity index (χ1n) is 10.5. The fourth-order valence-electron chi connectivity index (χ4n) is 4.04. The Hall–Kier alpha value is -2.47. The van der Waals surface area contributed by atoms with Crippen LogP contribution in [0.3, 0.4) is 0 Å². The van der Waals surface area contributed by atoms with Crippen molar-refractivity contribution in [1.29, 1.82) is 0 Å². The molecule has 3 fully saturated rings. The lowest BCUT2D eigenvalue weighted by atomic mass is 10.0. The van der Waals surface area contributed by atoms with Gasteiger partial charge in [-0.15, -0.1) is 0 Å². The summed E-state index contributed by atoms with van der Waals surface area (Å²) in [5.41, 5.74) is -2.44. The Bertz CT molecular complexity index is 1050. The number of alkyl halides is 3. The van der Waals surface area contributed by atoms with Crippen molar-refractivity contribution in [3.05, 3.63) is 16.6 Å². The van der Waals surface area contributed by atoms with Gasteiger partial charge in [0, 0.05) is 38.8 Å². The van der Waals surface area contributed by atoms with Gasteiger partial charge in [0.15, 0.2) is 5.69 Å². The van der Waals surface area contributed by atoms with Crippen molar-refractivity contribution < 1.29 is 22.5 Å². The first-order valence-corrected chi connectivity index (χ1v) is 10.8. The van der Waals surface area contributed by atoms with Crippen LogP contribution in [0, 0.1) is 0 Å². The molecule has 0 aromatic carbocycles. The molecule has 2 aromatic heterocycles. The second kappa shape index (κ2) is 7.55. The molecule has 0 spiro atoms. The predicted molar refractivity (Wildman–Crippen MR) is 107 cm³/mol. The summed E-state index contributed by atoms with van der Waals surface area (Å²) in [6, 6.07) is 0.0114. The third-order valence-corrected chi connectivity index (χ3v) is 6.65. The summed E-state index contributed by atoms with van der Waals surface area (Å²) in [7, 11) is 0. The lowest BCUT2D eigenvalue weighted by Gasteiger charge is -2.39. The van der Waals surface area contributed by atoms with Crippen LogP contribution in [-0.4, -0.2) is 69.7 Å². The maximum Gasteiger partial charge on any atom is 0.435 e. The van der Waals surface area contributed by atoms with Gasteiger partial charge < -0.3 is 19.6 Å². The predicted octanol–water partition coefficient (Wildman–Crippen LogP) is 2.26. The van der Waals surface area contributed by atoms with Gasteiger partial charge in [0.25, 0.3) is 0 Å². The van der Waals surface area contributed by atoms with Crippen LogP contribution in [0.4, 0.5) is 19.1 Å². The third-order valence-electron chi connectivity index (χ3n) is 6.30. The average molecular weight is 472 g/mol. The minimum absolute atomic E-state index is 0.0114. The lowest BCUT2D eigenvalue weighted by Crippen LogP contribution is -2.50. The molecule has 1 aliphatic carbocycles. The molecular weight excluding hydrogens is 451 g/mol. The van der Waals surface area contributed by atoms with Crippen molar-refractivity contribution in [2.24, 2.45) is 0 Å². The standard InChI is InChI=1S/C19H21ClF3N7O2/c1-10-2-7-30(10)17-25-12(11(20)13(26-17)19(21,22)23)14-27-15(32-28-14)18(3-4-18)16(31)29-8-5-24-6-9-29/h10,24H,2-9H2,1H3/t10-/m0/s1. The summed E-state index contributed by atoms with van der Waals surface area (Å²) < 4.78 is 46.2. The maximum absolute atomic E-state index is 13.6. The summed E-state index contributed by atoms with van der Waals surface area (Å²) >= 11 is 6.06. The molecule has 2 aliphatic heterocycles. The number of hydrogen-bond acceptors (Lipinski definition) is 8. The number of amides is 1. The van der Waals surface area contributed by atoms with E-state index in [9.17, 15) is 18.0 Å². The van der Waals surface area contributed by atoms with Crippen molar-refractivity contribution in [3.8, 4) is 11.5 Å². The van der Waals surface area contributed by atoms with E-state index < -0.39 is 22.3 Å². The molecule has 1 amide bonds. The molecule has 172 valence electrons. The number of rotatable bonds is 4. The largest absolute Gasteiger partial charge is 0.435 e. The minimum atomic E-state index is -4.78. The van der Waals surface area contributed by atoms with Crippen LogP contribution in [0.15, 0.2) is 4.52 Å². The first-order chi connectivity index (χ1) is 15.2. The number of halogens is 4. The van der Waals surface area contributed by atoms with Crippen molar-refractivity contribution in [1.82, 2.24) is 30.3 Å². The summed E-state index contributed by atoms with van der Waals surface area (Å²) in [4.78, 5) is 28.7. The Morgan fingerprint density at radius 3 is 2.47 bits per heavy atom. The Kier molecular flexibility index (Phi) is 5.04. The Morgan fingerprint density at radius 1 is 1.19 bits per heavy atom. The van der Waals surface area contributed by atoms with Gasteiger partial charge in [-0.1, -0.05) is 16.8 Å². The average Bonchev–Trinajstić information content (AvgIpc) is 3.42. The summed E-state index contributed by atoms with van der Waals surface area (Å²) in [5, 5.41) is 6.33. The molecule has 1 N–H and O–H groups in total. The zero-order chi connectivity index (χ0) is 22.7. The molecule has 0 bridgehead atoms. The van der Waals surface area contributed by atoms with Crippen LogP contribution in [0.2, 0.25) is 5.02 Å². The molecule has 1 atom stereocenters. The Morgan fingerprint density at radius 2 is 1.91 bits per heavy atom. The molecule has 2 saturated heterocycles. The summed E-state index contributed by atoms with van der Waals surface area (Å²) in [5.74, 6) is -0.293. The van der Waals surface area contributed by atoms with Crippen LogP contribution >= 0.6 is 11.6 Å². The minimum Gasteiger partial charge on any atom is -0.339 e. The zero-order valence-electron chi connectivity index (χ0n) is 17.2. The van der Waals surface area contributed by atoms with Crippen molar-refractivity contribution in [2.75, 3.05) is 37.6 Å². The molecular formula is C19H21ClF3N7O2. The lowest BCUT2D eigenvalue weighted by molar-refractivity contribution is -0.141. The van der Waals surface area contributed by atoms with E-state index in [2.05, 4.69) is 25.4 Å². The molecule has 0 unspecified atom stereocenters. The van der Waals surface area contributed by atoms with Crippen molar-refractivity contribution >= 4 is 23.5 Å². The van der Waals surface area contributed by atoms with E-state index in [-0.39, 0.29) is 35.3 Å². The van der Waals surface area contributed by atoms with E-state index in [4.69, 9.17) is 16.1 Å². The van der Waals surface area contributed by atoms with Crippen LogP contribution in [0.5, 0.6) is 0 Å². The highest BCUT2D eigenvalue weighted by Gasteiger charge is 2.58. The van der Waals surface area contributed by atoms with Gasteiger partial charge in [-0.3, -0.25) is 4.79 Å². The fraction of sp³-hybridized carbons (Fsp3) is 0.632. The van der Waals surface area contributed by atoms with E-state index in [0.717, 1.165) is 6.42 Å². The Labute approximate surface area is 186 Å². The van der Waals surface area contributed by atoms with Gasteiger partial charge in [-0.05, 0) is 26.2 Å². The molecule has 0 radical (unpaired) electrons. The molecule has 3 aliphatic rings. The van der Waals surface area contributed by atoms with Gasteiger partial charge in [-0.25, -0.2) is 9.97 Å². The number of nitrogens with zero attached hydrogens (tertiary/aromatic N) is 6. The summed E-state index contributed by atoms with van der Waals surface area (Å²) in [6.07, 6.45) is -2.87. The fourth-order valence-corrected chi connectivity index (χ4v) is 4.32. The van der Waals surface area contributed by atoms with Gasteiger partial charge in [-0.2, -0.15) is 18.2 Å². The van der Waals surface area contributed by atoms with Gasteiger partial charge in [0.1, 0.15) is 16.1 Å². The highest BCUT2D eigenvalue weighted by Crippen LogP contribution is 2.49. The number of carbonyl (C=O) groups excluding carboxylic acids is 1. The quantitative estimate of drug-likeness (QED) is 0.724. The van der Waals surface area contributed by atoms with Gasteiger partial charge in [0.2, 0.25) is 23.6 Å². The SMILES string of the molecule is C[C@H]1CCN1c1nc(-c2noc(C3(C(=O)N4CCNCC4)CC3)n2)c(Cl)c(C(F)(F)F)n1. The third kappa shape index (κ3) is 3.49. The molecule has 2 aromatic rings. The smallest absolute Gasteiger partial charge is 0.339 e. The van der Waals surface area contributed by atoms with E-state index >= 15 is 0 Å². The maximum atomic E-state index is 13.6. The topological polar surface area (TPSA) is 100 Å². The first kappa shape index (κ1) is 21.4. The van der Waals surface area contributed by atoms with Crippen LogP contribution in [-0.2, 0) is 16.4 Å². The summed E-state index contributed by atoms with van der Waals surface area (Å²) in [6.45, 7) is 4.97. The monoisotopic (exact) mass is 471 g/mol. The second-order valence-corrected chi connectivity index (χ2v) is 8.79. The normalized spacial score (nSPS) is 22.6. The van der Waals surface area contributed by atoms with E-state index in [0.29, 0.717) is 45.6 Å². The zero-order valence-corrected chi connectivity index (χ0v) is 18.0. The number of aromatic nitrogens is 4. The van der Waals surface area contributed by atoms with E-state index in [1.807, 2.05) is 6.92 Å².